The van der Waals surface area contributed by atoms with Gasteiger partial charge in [0.1, 0.15) is 0 Å². The van der Waals surface area contributed by atoms with Crippen molar-refractivity contribution in [3.05, 3.63) is 42.0 Å². The lowest BCUT2D eigenvalue weighted by atomic mass is 10.1. The van der Waals surface area contributed by atoms with Gasteiger partial charge in [0, 0.05) is 26.2 Å². The molecule has 1 unspecified atom stereocenters. The maximum absolute atomic E-state index is 11.3. The maximum Gasteiger partial charge on any atom is 0.231 e. The molecule has 3 N–H and O–H groups in total. The highest BCUT2D eigenvalue weighted by atomic mass is 16.7. The van der Waals surface area contributed by atoms with Crippen LogP contribution in [0.1, 0.15) is 23.7 Å². The van der Waals surface area contributed by atoms with Gasteiger partial charge in [0.15, 0.2) is 11.5 Å². The Kier molecular flexibility index (Phi) is 3.97. The third kappa shape index (κ3) is 3.20. The molecule has 0 radical (unpaired) electrons. The van der Waals surface area contributed by atoms with Gasteiger partial charge in [-0.15, -0.1) is 0 Å². The second-order valence-corrected chi connectivity index (χ2v) is 5.26. The number of fused-ring (bicyclic) bond motifs is 1. The third-order valence-electron chi connectivity index (χ3n) is 3.48. The lowest BCUT2D eigenvalue weighted by Gasteiger charge is -2.15. The first kappa shape index (κ1) is 14.4. The van der Waals surface area contributed by atoms with E-state index in [9.17, 15) is 4.79 Å². The monoisotopic (exact) mass is 302 g/mol. The molecule has 1 atom stereocenters. The molecule has 1 aromatic heterocycles. The number of carbonyl (C=O) groups is 1. The number of nitrogens with two attached hydrogens (primary N) is 1. The molecule has 2 aromatic rings. The second kappa shape index (κ2) is 6.07. The number of ether oxygens (including phenoxy) is 2. The third-order valence-corrected chi connectivity index (χ3v) is 3.48. The van der Waals surface area contributed by atoms with Crippen molar-refractivity contribution in [2.24, 2.45) is 12.8 Å². The molecule has 0 spiro atoms. The Balaban J connectivity index is 1.69. The van der Waals surface area contributed by atoms with Crippen LogP contribution >= 0.6 is 0 Å². The number of imidazole rings is 1. The molecule has 0 saturated carbocycles. The number of primary amides is 1. The van der Waals surface area contributed by atoms with Crippen LogP contribution in [0.5, 0.6) is 11.5 Å². The fraction of sp³-hybridized carbons (Fsp3) is 0.333. The van der Waals surface area contributed by atoms with Gasteiger partial charge in [-0.25, -0.2) is 4.98 Å². The number of benzene rings is 1. The van der Waals surface area contributed by atoms with E-state index in [1.165, 1.54) is 0 Å². The summed E-state index contributed by atoms with van der Waals surface area (Å²) in [5.74, 6) is 1.12. The number of hydrogen-bond acceptors (Lipinski definition) is 5. The number of rotatable bonds is 6. The number of carbonyl (C=O) groups excluding carboxylic acids is 1. The minimum atomic E-state index is -0.367. The maximum atomic E-state index is 11.3. The second-order valence-electron chi connectivity index (χ2n) is 5.26. The van der Waals surface area contributed by atoms with Crippen molar-refractivity contribution in [1.82, 2.24) is 14.9 Å². The molecule has 0 saturated heterocycles. The van der Waals surface area contributed by atoms with E-state index in [4.69, 9.17) is 15.2 Å². The van der Waals surface area contributed by atoms with Crippen molar-refractivity contribution in [3.63, 3.8) is 0 Å². The van der Waals surface area contributed by atoms with Crippen LogP contribution in [0.25, 0.3) is 0 Å². The number of nitrogens with one attached hydrogen (secondary N) is 1. The van der Waals surface area contributed by atoms with E-state index < -0.39 is 0 Å². The molecular formula is C15H18N4O3. The number of aryl methyl sites for hydroxylation is 1. The van der Waals surface area contributed by atoms with E-state index in [0.717, 1.165) is 22.8 Å². The van der Waals surface area contributed by atoms with E-state index in [1.807, 2.05) is 36.0 Å². The molecule has 116 valence electrons. The van der Waals surface area contributed by atoms with Gasteiger partial charge >= 0.3 is 0 Å². The average molecular weight is 302 g/mol. The molecule has 1 aliphatic rings. The molecule has 2 heterocycles. The number of hydrogen-bond donors (Lipinski definition) is 2. The number of nitrogens with zero attached hydrogens (tertiary/aromatic N) is 2. The van der Waals surface area contributed by atoms with E-state index in [1.54, 1.807) is 6.33 Å². The fourth-order valence-corrected chi connectivity index (χ4v) is 2.39. The Bertz CT molecular complexity index is 683. The van der Waals surface area contributed by atoms with E-state index >= 15 is 0 Å². The summed E-state index contributed by atoms with van der Waals surface area (Å²) in [6.07, 6.45) is 3.77. The zero-order chi connectivity index (χ0) is 15.5. The first-order chi connectivity index (χ1) is 10.6. The minimum Gasteiger partial charge on any atom is -0.454 e. The van der Waals surface area contributed by atoms with Gasteiger partial charge in [-0.05, 0) is 17.7 Å². The number of amides is 1. The summed E-state index contributed by atoms with van der Waals surface area (Å²) in [4.78, 5) is 15.6. The molecule has 22 heavy (non-hydrogen) atoms. The molecule has 7 nitrogen and oxygen atoms in total. The highest BCUT2D eigenvalue weighted by Crippen LogP contribution is 2.32. The molecule has 7 heteroatoms. The Hall–Kier alpha value is -2.54. The molecule has 0 aliphatic carbocycles. The van der Waals surface area contributed by atoms with Crippen LogP contribution in [0.15, 0.2) is 30.7 Å². The smallest absolute Gasteiger partial charge is 0.231 e. The normalized spacial score (nSPS) is 14.0. The summed E-state index contributed by atoms with van der Waals surface area (Å²) >= 11 is 0. The predicted octanol–water partition coefficient (Wildman–Crippen LogP) is 0.855. The van der Waals surface area contributed by atoms with Crippen molar-refractivity contribution in [1.29, 1.82) is 0 Å². The molecule has 0 bridgehead atoms. The highest BCUT2D eigenvalue weighted by Gasteiger charge is 2.18. The van der Waals surface area contributed by atoms with E-state index in [0.29, 0.717) is 6.54 Å². The first-order valence-corrected chi connectivity index (χ1v) is 7.00. The fourth-order valence-electron chi connectivity index (χ4n) is 2.39. The summed E-state index contributed by atoms with van der Waals surface area (Å²) in [6, 6.07) is 5.54. The Morgan fingerprint density at radius 1 is 1.45 bits per heavy atom. The lowest BCUT2D eigenvalue weighted by Crippen LogP contribution is -2.26. The van der Waals surface area contributed by atoms with Gasteiger partial charge < -0.3 is 25.1 Å². The average Bonchev–Trinajstić information content (AvgIpc) is 3.11. The van der Waals surface area contributed by atoms with Crippen molar-refractivity contribution >= 4 is 5.91 Å². The molecule has 1 aromatic carbocycles. The van der Waals surface area contributed by atoms with Gasteiger partial charge in [-0.3, -0.25) is 4.79 Å². The van der Waals surface area contributed by atoms with Crippen molar-refractivity contribution < 1.29 is 14.3 Å². The Morgan fingerprint density at radius 2 is 2.27 bits per heavy atom. The van der Waals surface area contributed by atoms with Crippen molar-refractivity contribution in [2.45, 2.75) is 19.0 Å². The quantitative estimate of drug-likeness (QED) is 0.825. The van der Waals surface area contributed by atoms with Gasteiger partial charge in [-0.2, -0.15) is 0 Å². The zero-order valence-electron chi connectivity index (χ0n) is 12.3. The van der Waals surface area contributed by atoms with E-state index in [-0.39, 0.29) is 25.2 Å². The Morgan fingerprint density at radius 3 is 3.00 bits per heavy atom. The standard InChI is InChI=1S/C15H18N4O3/c1-19-7-12(18-8-19)11(5-15(16)20)17-6-10-2-3-13-14(4-10)22-9-21-13/h2-4,7-8,11,17H,5-6,9H2,1H3,(H2,16,20). The zero-order valence-corrected chi connectivity index (χ0v) is 12.3. The molecule has 1 amide bonds. The predicted molar refractivity (Wildman–Crippen MR) is 79.2 cm³/mol. The summed E-state index contributed by atoms with van der Waals surface area (Å²) in [6.45, 7) is 0.829. The molecule has 0 fully saturated rings. The summed E-state index contributed by atoms with van der Waals surface area (Å²) in [7, 11) is 1.88. The van der Waals surface area contributed by atoms with Gasteiger partial charge in [-0.1, -0.05) is 6.07 Å². The topological polar surface area (TPSA) is 91.4 Å². The lowest BCUT2D eigenvalue weighted by molar-refractivity contribution is -0.118. The largest absolute Gasteiger partial charge is 0.454 e. The van der Waals surface area contributed by atoms with E-state index in [2.05, 4.69) is 10.3 Å². The van der Waals surface area contributed by atoms with Crippen LogP contribution in [-0.4, -0.2) is 22.3 Å². The first-order valence-electron chi connectivity index (χ1n) is 7.00. The van der Waals surface area contributed by atoms with Crippen LogP contribution in [0.2, 0.25) is 0 Å². The molecular weight excluding hydrogens is 284 g/mol. The van der Waals surface area contributed by atoms with Gasteiger partial charge in [0.2, 0.25) is 12.7 Å². The minimum absolute atomic E-state index is 0.196. The van der Waals surface area contributed by atoms with Crippen LogP contribution in [0.4, 0.5) is 0 Å². The highest BCUT2D eigenvalue weighted by molar-refractivity contribution is 5.74. The molecule has 1 aliphatic heterocycles. The van der Waals surface area contributed by atoms with Crippen molar-refractivity contribution in [3.8, 4) is 11.5 Å². The van der Waals surface area contributed by atoms with Crippen LogP contribution < -0.4 is 20.5 Å². The van der Waals surface area contributed by atoms with Crippen LogP contribution in [0, 0.1) is 0 Å². The van der Waals surface area contributed by atoms with Gasteiger partial charge in [0.25, 0.3) is 0 Å². The van der Waals surface area contributed by atoms with Gasteiger partial charge in [0.05, 0.1) is 18.1 Å². The summed E-state index contributed by atoms with van der Waals surface area (Å²) in [5, 5.41) is 3.32. The van der Waals surface area contributed by atoms with Crippen LogP contribution in [-0.2, 0) is 18.4 Å². The van der Waals surface area contributed by atoms with Crippen LogP contribution in [0.3, 0.4) is 0 Å². The Labute approximate surface area is 128 Å². The van der Waals surface area contributed by atoms with Crippen molar-refractivity contribution in [2.75, 3.05) is 6.79 Å². The summed E-state index contributed by atoms with van der Waals surface area (Å²) in [5.41, 5.74) is 7.16. The summed E-state index contributed by atoms with van der Waals surface area (Å²) < 4.78 is 12.5. The SMILES string of the molecule is Cn1cnc(C(CC(N)=O)NCc2ccc3c(c2)OCO3)c1. The molecule has 3 rings (SSSR count). The number of aromatic nitrogens is 2.